The van der Waals surface area contributed by atoms with Gasteiger partial charge in [-0.25, -0.2) is 0 Å². The summed E-state index contributed by atoms with van der Waals surface area (Å²) in [5.41, 5.74) is 8.37. The molecule has 1 atom stereocenters. The summed E-state index contributed by atoms with van der Waals surface area (Å²) >= 11 is 0. The maximum absolute atomic E-state index is 6.01. The first-order valence-corrected chi connectivity index (χ1v) is 8.35. The van der Waals surface area contributed by atoms with Crippen LogP contribution in [0, 0.1) is 0 Å². The Hall–Kier alpha value is -2.20. The predicted molar refractivity (Wildman–Crippen MR) is 97.3 cm³/mol. The van der Waals surface area contributed by atoms with E-state index >= 15 is 0 Å². The molecule has 0 spiro atoms. The third kappa shape index (κ3) is 4.65. The summed E-state index contributed by atoms with van der Waals surface area (Å²) in [4.78, 5) is 0. The maximum atomic E-state index is 6.01. The van der Waals surface area contributed by atoms with Crippen molar-refractivity contribution in [1.82, 2.24) is 0 Å². The van der Waals surface area contributed by atoms with Crippen molar-refractivity contribution in [1.29, 1.82) is 0 Å². The molecule has 0 saturated carbocycles. The molecule has 0 aliphatic carbocycles. The lowest BCUT2D eigenvalue weighted by atomic mass is 9.92. The van der Waals surface area contributed by atoms with E-state index in [1.165, 1.54) is 11.1 Å². The molecule has 2 aromatic rings. The maximum Gasteiger partial charge on any atom is 0.161 e. The first kappa shape index (κ1) is 18.1. The molecule has 0 aromatic heterocycles. The average molecular weight is 329 g/mol. The average Bonchev–Trinajstić information content (AvgIpc) is 2.64. The fraction of sp³-hybridized carbons (Fsp3) is 0.400. The molecule has 1 unspecified atom stereocenters. The van der Waals surface area contributed by atoms with Gasteiger partial charge in [-0.05, 0) is 54.8 Å². The zero-order valence-corrected chi connectivity index (χ0v) is 14.7. The zero-order valence-electron chi connectivity index (χ0n) is 14.7. The van der Waals surface area contributed by atoms with Crippen LogP contribution in [0.3, 0.4) is 0 Å². The highest BCUT2D eigenvalue weighted by molar-refractivity contribution is 5.43. The van der Waals surface area contributed by atoms with E-state index in [0.717, 1.165) is 30.1 Å². The Balaban J connectivity index is 2.18. The SMILES string of the molecule is CCCOc1ccc(CC(CN)c2cccc(OC)c2)cc1OC. The topological polar surface area (TPSA) is 53.7 Å². The van der Waals surface area contributed by atoms with E-state index in [-0.39, 0.29) is 5.92 Å². The van der Waals surface area contributed by atoms with E-state index in [0.29, 0.717) is 13.2 Å². The molecule has 0 saturated heterocycles. The number of rotatable bonds is 9. The number of hydrogen-bond acceptors (Lipinski definition) is 4. The third-order valence-corrected chi connectivity index (χ3v) is 4.02. The van der Waals surface area contributed by atoms with Crippen molar-refractivity contribution in [2.75, 3.05) is 27.4 Å². The van der Waals surface area contributed by atoms with E-state index in [1.807, 2.05) is 30.3 Å². The standard InChI is InChI=1S/C20H27NO3/c1-4-10-24-19-9-8-15(12-20(19)23-3)11-17(14-21)16-6-5-7-18(13-16)22-2/h5-9,12-13,17H,4,10-11,14,21H2,1-3H3. The van der Waals surface area contributed by atoms with Crippen LogP contribution < -0.4 is 19.9 Å². The van der Waals surface area contributed by atoms with Gasteiger partial charge in [-0.1, -0.05) is 25.1 Å². The van der Waals surface area contributed by atoms with Crippen LogP contribution in [0.2, 0.25) is 0 Å². The highest BCUT2D eigenvalue weighted by atomic mass is 16.5. The summed E-state index contributed by atoms with van der Waals surface area (Å²) in [6.07, 6.45) is 1.81. The first-order valence-electron chi connectivity index (χ1n) is 8.35. The van der Waals surface area contributed by atoms with Gasteiger partial charge in [-0.2, -0.15) is 0 Å². The number of benzene rings is 2. The van der Waals surface area contributed by atoms with Gasteiger partial charge >= 0.3 is 0 Å². The van der Waals surface area contributed by atoms with Gasteiger partial charge in [0, 0.05) is 5.92 Å². The highest BCUT2D eigenvalue weighted by Gasteiger charge is 2.13. The fourth-order valence-electron chi connectivity index (χ4n) is 2.69. The van der Waals surface area contributed by atoms with Gasteiger partial charge in [-0.15, -0.1) is 0 Å². The lowest BCUT2D eigenvalue weighted by Gasteiger charge is -2.17. The molecule has 0 amide bonds. The summed E-state index contributed by atoms with van der Waals surface area (Å²) in [5, 5.41) is 0. The molecule has 2 rings (SSSR count). The van der Waals surface area contributed by atoms with Crippen molar-refractivity contribution in [2.45, 2.75) is 25.7 Å². The van der Waals surface area contributed by atoms with Crippen molar-refractivity contribution in [3.05, 3.63) is 53.6 Å². The van der Waals surface area contributed by atoms with Crippen LogP contribution in [-0.2, 0) is 6.42 Å². The van der Waals surface area contributed by atoms with Crippen LogP contribution in [0.1, 0.15) is 30.4 Å². The summed E-state index contributed by atoms with van der Waals surface area (Å²) < 4.78 is 16.5. The second kappa shape index (κ2) is 9.18. The molecule has 0 fully saturated rings. The molecular formula is C20H27NO3. The van der Waals surface area contributed by atoms with Gasteiger partial charge < -0.3 is 19.9 Å². The largest absolute Gasteiger partial charge is 0.497 e. The van der Waals surface area contributed by atoms with Gasteiger partial charge in [0.25, 0.3) is 0 Å². The second-order valence-corrected chi connectivity index (χ2v) is 5.75. The van der Waals surface area contributed by atoms with Crippen molar-refractivity contribution in [2.24, 2.45) is 5.73 Å². The summed E-state index contributed by atoms with van der Waals surface area (Å²) in [6.45, 7) is 3.34. The Morgan fingerprint density at radius 1 is 1.00 bits per heavy atom. The number of nitrogens with two attached hydrogens (primary N) is 1. The zero-order chi connectivity index (χ0) is 17.4. The van der Waals surface area contributed by atoms with Crippen LogP contribution in [-0.4, -0.2) is 27.4 Å². The third-order valence-electron chi connectivity index (χ3n) is 4.02. The van der Waals surface area contributed by atoms with Gasteiger partial charge in [-0.3, -0.25) is 0 Å². The number of methoxy groups -OCH3 is 2. The predicted octanol–water partition coefficient (Wildman–Crippen LogP) is 3.78. The molecule has 24 heavy (non-hydrogen) atoms. The minimum atomic E-state index is 0.229. The molecule has 4 heteroatoms. The lowest BCUT2D eigenvalue weighted by molar-refractivity contribution is 0.294. The number of ether oxygens (including phenoxy) is 3. The summed E-state index contributed by atoms with van der Waals surface area (Å²) in [6, 6.07) is 14.2. The fourth-order valence-corrected chi connectivity index (χ4v) is 2.69. The van der Waals surface area contributed by atoms with Crippen molar-refractivity contribution < 1.29 is 14.2 Å². The highest BCUT2D eigenvalue weighted by Crippen LogP contribution is 2.31. The molecule has 0 aliphatic heterocycles. The quantitative estimate of drug-likeness (QED) is 0.761. The molecule has 0 radical (unpaired) electrons. The Morgan fingerprint density at radius 2 is 1.83 bits per heavy atom. The Kier molecular flexibility index (Phi) is 6.94. The molecule has 2 aromatic carbocycles. The van der Waals surface area contributed by atoms with Crippen LogP contribution in [0.15, 0.2) is 42.5 Å². The second-order valence-electron chi connectivity index (χ2n) is 5.75. The summed E-state index contributed by atoms with van der Waals surface area (Å²) in [7, 11) is 3.34. The van der Waals surface area contributed by atoms with Crippen molar-refractivity contribution >= 4 is 0 Å². The Morgan fingerprint density at radius 3 is 2.50 bits per heavy atom. The Bertz CT molecular complexity index is 643. The van der Waals surface area contributed by atoms with Crippen molar-refractivity contribution in [3.8, 4) is 17.2 Å². The van der Waals surface area contributed by atoms with E-state index < -0.39 is 0 Å². The van der Waals surface area contributed by atoms with Gasteiger partial charge in [0.05, 0.1) is 20.8 Å². The van der Waals surface area contributed by atoms with Crippen molar-refractivity contribution in [3.63, 3.8) is 0 Å². The number of hydrogen-bond donors (Lipinski definition) is 1. The molecule has 0 heterocycles. The summed E-state index contributed by atoms with van der Waals surface area (Å²) in [5.74, 6) is 2.63. The molecule has 130 valence electrons. The molecule has 0 aliphatic rings. The molecule has 2 N–H and O–H groups in total. The van der Waals surface area contributed by atoms with E-state index in [1.54, 1.807) is 14.2 Å². The smallest absolute Gasteiger partial charge is 0.161 e. The first-order chi connectivity index (χ1) is 11.7. The monoisotopic (exact) mass is 329 g/mol. The minimum Gasteiger partial charge on any atom is -0.497 e. The van der Waals surface area contributed by atoms with E-state index in [2.05, 4.69) is 19.1 Å². The van der Waals surface area contributed by atoms with Crippen LogP contribution in [0.25, 0.3) is 0 Å². The van der Waals surface area contributed by atoms with Gasteiger partial charge in [0.2, 0.25) is 0 Å². The molecular weight excluding hydrogens is 302 g/mol. The van der Waals surface area contributed by atoms with Crippen LogP contribution in [0.4, 0.5) is 0 Å². The molecule has 0 bridgehead atoms. The molecule has 4 nitrogen and oxygen atoms in total. The van der Waals surface area contributed by atoms with Gasteiger partial charge in [0.15, 0.2) is 11.5 Å². The van der Waals surface area contributed by atoms with Crippen LogP contribution >= 0.6 is 0 Å². The minimum absolute atomic E-state index is 0.229. The van der Waals surface area contributed by atoms with E-state index in [4.69, 9.17) is 19.9 Å². The van der Waals surface area contributed by atoms with E-state index in [9.17, 15) is 0 Å². The van der Waals surface area contributed by atoms with Gasteiger partial charge in [0.1, 0.15) is 5.75 Å². The van der Waals surface area contributed by atoms with Crippen LogP contribution in [0.5, 0.6) is 17.2 Å². The normalized spacial score (nSPS) is 11.8. The Labute approximate surface area is 144 Å². The lowest BCUT2D eigenvalue weighted by Crippen LogP contribution is -2.15.